The molecule has 0 aromatic heterocycles. The third-order valence-electron chi connectivity index (χ3n) is 0. The van der Waals surface area contributed by atoms with Crippen LogP contribution in [0.4, 0.5) is 0 Å². The molecule has 0 N–H and O–H groups in total. The Balaban J connectivity index is -0.0000000400. The maximum absolute atomic E-state index is 3.49. The van der Waals surface area contributed by atoms with Gasteiger partial charge in [0.15, 0.2) is 0 Å². The fourth-order valence-corrected chi connectivity index (χ4v) is 0. The molecule has 0 bridgehead atoms. The van der Waals surface area contributed by atoms with Crippen LogP contribution in [0.1, 0.15) is 26.7 Å². The first-order valence-corrected chi connectivity index (χ1v) is 2.41. The first-order valence-electron chi connectivity index (χ1n) is 2.41. The van der Waals surface area contributed by atoms with E-state index in [-0.39, 0.29) is 17.1 Å². The Hall–Kier alpha value is 0.519. The van der Waals surface area contributed by atoms with Crippen LogP contribution in [-0.2, 0) is 17.1 Å². The Kier molecular flexibility index (Phi) is 69.9. The maximum Gasteiger partial charge on any atom is 2.00 e. The molecule has 0 spiro atoms. The van der Waals surface area contributed by atoms with Gasteiger partial charge < -0.3 is 13.8 Å². The molecule has 0 aromatic carbocycles. The summed E-state index contributed by atoms with van der Waals surface area (Å²) in [7, 11) is 0. The molecule has 0 unspecified atom stereocenters. The van der Waals surface area contributed by atoms with E-state index >= 15 is 0 Å². The van der Waals surface area contributed by atoms with Crippen LogP contribution in [0.15, 0.2) is 0 Å². The van der Waals surface area contributed by atoms with Gasteiger partial charge in [0.05, 0.1) is 0 Å². The van der Waals surface area contributed by atoms with Crippen molar-refractivity contribution in [2.24, 2.45) is 0 Å². The monoisotopic (exact) mass is 149 g/mol. The molecule has 0 fully saturated rings. The van der Waals surface area contributed by atoms with Gasteiger partial charge >= 0.3 is 17.1 Å². The molecule has 49 valence electrons. The van der Waals surface area contributed by atoms with E-state index in [9.17, 15) is 0 Å². The van der Waals surface area contributed by atoms with Crippen molar-refractivity contribution in [3.63, 3.8) is 0 Å². The van der Waals surface area contributed by atoms with E-state index in [2.05, 4.69) is 13.8 Å². The Morgan fingerprint density at radius 2 is 1.00 bits per heavy atom. The van der Waals surface area contributed by atoms with Gasteiger partial charge in [-0.2, -0.15) is 12.8 Å². The van der Waals surface area contributed by atoms with Crippen molar-refractivity contribution in [2.45, 2.75) is 26.7 Å². The number of hydrogen-bond donors (Lipinski definition) is 0. The largest absolute Gasteiger partial charge is 2.00 e. The smallest absolute Gasteiger partial charge is 0.344 e. The van der Waals surface area contributed by atoms with Crippen LogP contribution in [0.5, 0.6) is 0 Å². The Morgan fingerprint density at radius 3 is 1.00 bits per heavy atom. The van der Waals surface area contributed by atoms with Crippen LogP contribution in [-0.4, -0.2) is 0 Å². The molecule has 0 aliphatic rings. The van der Waals surface area contributed by atoms with Crippen molar-refractivity contribution in [1.29, 1.82) is 0 Å². The quantitative estimate of drug-likeness (QED) is 0.367. The van der Waals surface area contributed by atoms with Crippen molar-refractivity contribution in [2.75, 3.05) is 0 Å². The van der Waals surface area contributed by atoms with Gasteiger partial charge in [-0.15, -0.1) is 0 Å². The Labute approximate surface area is 58.2 Å². The average molecular weight is 150 g/mol. The SMILES string of the molecule is [CH2-]CC.[CH2-]CC.[Cu+2]. The van der Waals surface area contributed by atoms with Crippen LogP contribution in [0.25, 0.3) is 0 Å². The third-order valence-corrected chi connectivity index (χ3v) is 0. The van der Waals surface area contributed by atoms with Crippen molar-refractivity contribution < 1.29 is 17.1 Å². The topological polar surface area (TPSA) is 0 Å². The van der Waals surface area contributed by atoms with Crippen molar-refractivity contribution in [3.8, 4) is 0 Å². The zero-order valence-electron chi connectivity index (χ0n) is 5.13. The molecule has 0 atom stereocenters. The molecule has 0 aliphatic carbocycles. The van der Waals surface area contributed by atoms with E-state index < -0.39 is 0 Å². The molecule has 7 heavy (non-hydrogen) atoms. The molecule has 0 nitrogen and oxygen atoms in total. The molecular weight excluding hydrogens is 136 g/mol. The van der Waals surface area contributed by atoms with Crippen LogP contribution < -0.4 is 0 Å². The van der Waals surface area contributed by atoms with Crippen molar-refractivity contribution in [1.82, 2.24) is 0 Å². The first kappa shape index (κ1) is 15.6. The Bertz CT molecular complexity index is 6.14. The zero-order valence-corrected chi connectivity index (χ0v) is 6.07. The van der Waals surface area contributed by atoms with Gasteiger partial charge in [-0.1, -0.05) is 13.8 Å². The van der Waals surface area contributed by atoms with E-state index in [0.29, 0.717) is 0 Å². The molecule has 0 heterocycles. The summed E-state index contributed by atoms with van der Waals surface area (Å²) in [5.41, 5.74) is 0. The zero-order chi connectivity index (χ0) is 5.41. The standard InChI is InChI=1S/2C3H7.Cu/c2*1-3-2;/h2*1,3H2,2H3;/q2*-1;+2. The van der Waals surface area contributed by atoms with Crippen LogP contribution >= 0.6 is 0 Å². The van der Waals surface area contributed by atoms with E-state index in [1.54, 1.807) is 0 Å². The van der Waals surface area contributed by atoms with E-state index in [1.165, 1.54) is 0 Å². The van der Waals surface area contributed by atoms with Crippen LogP contribution in [0.2, 0.25) is 0 Å². The molecule has 0 saturated heterocycles. The summed E-state index contributed by atoms with van der Waals surface area (Å²) >= 11 is 0. The molecule has 1 heteroatoms. The van der Waals surface area contributed by atoms with Gasteiger partial charge in [0.25, 0.3) is 0 Å². The normalized spacial score (nSPS) is 5.14. The number of rotatable bonds is 0. The van der Waals surface area contributed by atoms with Crippen molar-refractivity contribution >= 4 is 0 Å². The minimum absolute atomic E-state index is 0. The average Bonchev–Trinajstić information content (AvgIpc) is 1.39. The predicted molar refractivity (Wildman–Crippen MR) is 31.3 cm³/mol. The molecule has 0 amide bonds. The van der Waals surface area contributed by atoms with Gasteiger partial charge in [-0.05, 0) is 0 Å². The fraction of sp³-hybridized carbons (Fsp3) is 0.667. The Morgan fingerprint density at radius 1 is 1.00 bits per heavy atom. The predicted octanol–water partition coefficient (Wildman–Crippen LogP) is 2.46. The summed E-state index contributed by atoms with van der Waals surface area (Å²) in [6.45, 7) is 11.0. The second kappa shape index (κ2) is 31.3. The second-order valence-corrected chi connectivity index (χ2v) is 1.000. The summed E-state index contributed by atoms with van der Waals surface area (Å²) in [5.74, 6) is 0. The van der Waals surface area contributed by atoms with E-state index in [1.807, 2.05) is 13.8 Å². The van der Waals surface area contributed by atoms with Crippen LogP contribution in [0, 0.1) is 13.8 Å². The molecule has 0 aromatic rings. The summed E-state index contributed by atoms with van der Waals surface area (Å²) in [5, 5.41) is 0. The fourth-order valence-electron chi connectivity index (χ4n) is 0. The summed E-state index contributed by atoms with van der Waals surface area (Å²) in [6.07, 6.45) is 2.00. The van der Waals surface area contributed by atoms with Gasteiger partial charge in [0.2, 0.25) is 0 Å². The minimum atomic E-state index is 0. The van der Waals surface area contributed by atoms with E-state index in [4.69, 9.17) is 0 Å². The number of hydrogen-bond acceptors (Lipinski definition) is 0. The van der Waals surface area contributed by atoms with Crippen LogP contribution in [0.3, 0.4) is 0 Å². The summed E-state index contributed by atoms with van der Waals surface area (Å²) in [4.78, 5) is 0. The molecule has 0 aliphatic heterocycles. The third kappa shape index (κ3) is 493. The van der Waals surface area contributed by atoms with Gasteiger partial charge in [0, 0.05) is 0 Å². The van der Waals surface area contributed by atoms with Crippen molar-refractivity contribution in [3.05, 3.63) is 13.8 Å². The van der Waals surface area contributed by atoms with E-state index in [0.717, 1.165) is 12.8 Å². The van der Waals surface area contributed by atoms with Gasteiger partial charge in [-0.3, -0.25) is 0 Å². The molecule has 0 saturated carbocycles. The van der Waals surface area contributed by atoms with Gasteiger partial charge in [0.1, 0.15) is 0 Å². The maximum atomic E-state index is 3.49. The first-order chi connectivity index (χ1) is 2.83. The molecule has 1 radical (unpaired) electrons. The summed E-state index contributed by atoms with van der Waals surface area (Å²) < 4.78 is 0. The second-order valence-electron chi connectivity index (χ2n) is 1.000. The molecule has 0 rings (SSSR count). The summed E-state index contributed by atoms with van der Waals surface area (Å²) in [6, 6.07) is 0. The van der Waals surface area contributed by atoms with Gasteiger partial charge in [-0.25, -0.2) is 0 Å². The molecular formula is C6H14Cu. The minimum Gasteiger partial charge on any atom is -0.344 e.